The van der Waals surface area contributed by atoms with Gasteiger partial charge < -0.3 is 5.11 Å². The van der Waals surface area contributed by atoms with Gasteiger partial charge in [0, 0.05) is 25.7 Å². The summed E-state index contributed by atoms with van der Waals surface area (Å²) in [5.74, 6) is -0.239. The summed E-state index contributed by atoms with van der Waals surface area (Å²) in [6, 6.07) is 6.21. The zero-order valence-corrected chi connectivity index (χ0v) is 12.8. The summed E-state index contributed by atoms with van der Waals surface area (Å²) in [6.07, 6.45) is 0.134. The van der Waals surface area contributed by atoms with Crippen LogP contribution in [0.3, 0.4) is 0 Å². The predicted molar refractivity (Wildman–Crippen MR) is 78.8 cm³/mol. The lowest BCUT2D eigenvalue weighted by Gasteiger charge is -2.24. The third kappa shape index (κ3) is 4.47. The minimum atomic E-state index is -3.20. The van der Waals surface area contributed by atoms with E-state index in [4.69, 9.17) is 0 Å². The summed E-state index contributed by atoms with van der Waals surface area (Å²) in [7, 11) is -3.20. The van der Waals surface area contributed by atoms with E-state index in [9.17, 15) is 17.9 Å². The highest BCUT2D eigenvalue weighted by atomic mass is 32.2. The summed E-state index contributed by atoms with van der Waals surface area (Å²) in [6.45, 7) is 2.90. The second kappa shape index (κ2) is 6.83. The molecule has 1 saturated heterocycles. The number of hydrogen-bond donors (Lipinski definition) is 2. The summed E-state index contributed by atoms with van der Waals surface area (Å²) < 4.78 is 38.3. The maximum Gasteiger partial charge on any atom is 0.211 e. The second-order valence-electron chi connectivity index (χ2n) is 5.25. The van der Waals surface area contributed by atoms with Crippen molar-refractivity contribution < 1.29 is 17.9 Å². The van der Waals surface area contributed by atoms with E-state index in [1.54, 1.807) is 19.1 Å². The highest BCUT2D eigenvalue weighted by molar-refractivity contribution is 7.89. The molecule has 0 bridgehead atoms. The van der Waals surface area contributed by atoms with Crippen LogP contribution in [0, 0.1) is 5.82 Å². The lowest BCUT2D eigenvalue weighted by Crippen LogP contribution is -2.36. The van der Waals surface area contributed by atoms with E-state index in [-0.39, 0.29) is 17.6 Å². The van der Waals surface area contributed by atoms with Crippen molar-refractivity contribution in [2.75, 3.05) is 25.4 Å². The van der Waals surface area contributed by atoms with Gasteiger partial charge in [-0.15, -0.1) is 0 Å². The van der Waals surface area contributed by atoms with Crippen molar-refractivity contribution in [3.05, 3.63) is 35.6 Å². The Labute approximate surface area is 124 Å². The fraction of sp³-hybridized carbons (Fsp3) is 0.571. The first-order valence-electron chi connectivity index (χ1n) is 7.06. The Bertz CT molecular complexity index is 562. The first-order chi connectivity index (χ1) is 9.91. The van der Waals surface area contributed by atoms with Crippen molar-refractivity contribution in [1.82, 2.24) is 9.62 Å². The lowest BCUT2D eigenvalue weighted by atomic mass is 10.0. The molecule has 1 aromatic rings. The van der Waals surface area contributed by atoms with Gasteiger partial charge in [-0.3, -0.25) is 4.90 Å². The molecule has 0 saturated carbocycles. The van der Waals surface area contributed by atoms with Crippen molar-refractivity contribution in [2.45, 2.75) is 25.5 Å². The molecular formula is C14H21FN2O3S. The molecule has 1 aliphatic heterocycles. The molecule has 2 atom stereocenters. The van der Waals surface area contributed by atoms with E-state index in [0.717, 1.165) is 5.56 Å². The van der Waals surface area contributed by atoms with Crippen molar-refractivity contribution in [3.8, 4) is 0 Å². The SMILES string of the molecule is CCS(=O)(=O)NCCN1C[C@@H](O)C[C@H]1c1ccc(F)cc1. The quantitative estimate of drug-likeness (QED) is 0.817. The number of aliphatic hydroxyl groups excluding tert-OH is 1. The zero-order valence-electron chi connectivity index (χ0n) is 12.0. The van der Waals surface area contributed by atoms with Gasteiger partial charge >= 0.3 is 0 Å². The summed E-state index contributed by atoms with van der Waals surface area (Å²) >= 11 is 0. The Kier molecular flexibility index (Phi) is 5.32. The number of nitrogens with zero attached hydrogens (tertiary/aromatic N) is 1. The smallest absolute Gasteiger partial charge is 0.211 e. The number of halogens is 1. The predicted octanol–water partition coefficient (Wildman–Crippen LogP) is 0.873. The third-order valence-electron chi connectivity index (χ3n) is 3.74. The Balaban J connectivity index is 1.98. The van der Waals surface area contributed by atoms with Crippen LogP contribution in [0.15, 0.2) is 24.3 Å². The molecule has 2 N–H and O–H groups in total. The van der Waals surface area contributed by atoms with Crippen LogP contribution >= 0.6 is 0 Å². The van der Waals surface area contributed by atoms with E-state index in [1.807, 2.05) is 4.90 Å². The van der Waals surface area contributed by atoms with Crippen molar-refractivity contribution in [2.24, 2.45) is 0 Å². The Morgan fingerprint density at radius 3 is 2.67 bits per heavy atom. The maximum absolute atomic E-state index is 13.0. The summed E-state index contributed by atoms with van der Waals surface area (Å²) in [5, 5.41) is 9.84. The van der Waals surface area contributed by atoms with Gasteiger partial charge in [-0.05, 0) is 31.0 Å². The molecule has 1 heterocycles. The van der Waals surface area contributed by atoms with Gasteiger partial charge in [-0.2, -0.15) is 0 Å². The maximum atomic E-state index is 13.0. The van der Waals surface area contributed by atoms with Crippen LogP contribution in [0.4, 0.5) is 4.39 Å². The number of β-amino-alcohol motifs (C(OH)–C–C–N with tert-alkyl or cyclic N) is 1. The van der Waals surface area contributed by atoms with E-state index in [1.165, 1.54) is 12.1 Å². The van der Waals surface area contributed by atoms with E-state index in [2.05, 4.69) is 4.72 Å². The molecule has 1 aliphatic rings. The number of benzene rings is 1. The lowest BCUT2D eigenvalue weighted by molar-refractivity contribution is 0.176. The number of rotatable bonds is 6. The van der Waals surface area contributed by atoms with Crippen LogP contribution in [0.25, 0.3) is 0 Å². The van der Waals surface area contributed by atoms with Crippen molar-refractivity contribution >= 4 is 10.0 Å². The topological polar surface area (TPSA) is 69.6 Å². The first kappa shape index (κ1) is 16.4. The van der Waals surface area contributed by atoms with Gasteiger partial charge in [-0.1, -0.05) is 12.1 Å². The molecule has 0 amide bonds. The molecule has 0 radical (unpaired) electrons. The Hall–Kier alpha value is -1.02. The van der Waals surface area contributed by atoms with Crippen molar-refractivity contribution in [3.63, 3.8) is 0 Å². The largest absolute Gasteiger partial charge is 0.392 e. The zero-order chi connectivity index (χ0) is 15.5. The molecule has 21 heavy (non-hydrogen) atoms. The average Bonchev–Trinajstić information content (AvgIpc) is 2.80. The highest BCUT2D eigenvalue weighted by Gasteiger charge is 2.31. The molecule has 7 heteroatoms. The molecule has 0 aromatic heterocycles. The third-order valence-corrected chi connectivity index (χ3v) is 5.14. The minimum Gasteiger partial charge on any atom is -0.392 e. The van der Waals surface area contributed by atoms with Gasteiger partial charge in [0.25, 0.3) is 0 Å². The Morgan fingerprint density at radius 1 is 1.38 bits per heavy atom. The van der Waals surface area contributed by atoms with E-state index in [0.29, 0.717) is 26.1 Å². The number of aliphatic hydroxyl groups is 1. The van der Waals surface area contributed by atoms with Crippen LogP contribution in [-0.2, 0) is 10.0 Å². The van der Waals surface area contributed by atoms with E-state index >= 15 is 0 Å². The number of hydrogen-bond acceptors (Lipinski definition) is 4. The van der Waals surface area contributed by atoms with Crippen LogP contribution in [0.2, 0.25) is 0 Å². The van der Waals surface area contributed by atoms with Gasteiger partial charge in [-0.25, -0.2) is 17.5 Å². The van der Waals surface area contributed by atoms with Crippen LogP contribution in [0.5, 0.6) is 0 Å². The highest BCUT2D eigenvalue weighted by Crippen LogP contribution is 2.31. The monoisotopic (exact) mass is 316 g/mol. The normalized spacial score (nSPS) is 23.6. The number of nitrogens with one attached hydrogen (secondary N) is 1. The average molecular weight is 316 g/mol. The molecule has 1 aromatic carbocycles. The summed E-state index contributed by atoms with van der Waals surface area (Å²) in [4.78, 5) is 2.02. The molecule has 5 nitrogen and oxygen atoms in total. The van der Waals surface area contributed by atoms with Crippen LogP contribution in [0.1, 0.15) is 24.9 Å². The van der Waals surface area contributed by atoms with Gasteiger partial charge in [0.15, 0.2) is 0 Å². The van der Waals surface area contributed by atoms with Crippen LogP contribution < -0.4 is 4.72 Å². The fourth-order valence-electron chi connectivity index (χ4n) is 2.61. The summed E-state index contributed by atoms with van der Waals surface area (Å²) in [5.41, 5.74) is 0.936. The molecule has 2 rings (SSSR count). The minimum absolute atomic E-state index is 0.00766. The van der Waals surface area contributed by atoms with Crippen LogP contribution in [-0.4, -0.2) is 49.9 Å². The fourth-order valence-corrected chi connectivity index (χ4v) is 3.21. The Morgan fingerprint density at radius 2 is 2.05 bits per heavy atom. The second-order valence-corrected chi connectivity index (χ2v) is 7.35. The van der Waals surface area contributed by atoms with Gasteiger partial charge in [0.2, 0.25) is 10.0 Å². The van der Waals surface area contributed by atoms with Crippen molar-refractivity contribution in [1.29, 1.82) is 0 Å². The van der Waals surface area contributed by atoms with E-state index < -0.39 is 16.1 Å². The molecule has 0 unspecified atom stereocenters. The molecule has 0 spiro atoms. The molecular weight excluding hydrogens is 295 g/mol. The molecule has 118 valence electrons. The van der Waals surface area contributed by atoms with Gasteiger partial charge in [0.05, 0.1) is 11.9 Å². The van der Waals surface area contributed by atoms with Gasteiger partial charge in [0.1, 0.15) is 5.82 Å². The first-order valence-corrected chi connectivity index (χ1v) is 8.71. The standard InChI is InChI=1S/C14H21FN2O3S/c1-2-21(19,20)16-7-8-17-10-13(18)9-14(17)11-3-5-12(15)6-4-11/h3-6,13-14,16,18H,2,7-10H2,1H3/t13-,14-/m0/s1. The number of sulfonamides is 1. The number of likely N-dealkylation sites (tertiary alicyclic amines) is 1. The molecule has 0 aliphatic carbocycles. The molecule has 1 fully saturated rings.